The van der Waals surface area contributed by atoms with Gasteiger partial charge < -0.3 is 4.52 Å². The molecule has 2 rings (SSSR count). The summed E-state index contributed by atoms with van der Waals surface area (Å²) in [5.74, 6) is 1.02. The van der Waals surface area contributed by atoms with Crippen LogP contribution in [0, 0.1) is 11.3 Å². The van der Waals surface area contributed by atoms with Crippen LogP contribution < -0.4 is 0 Å². The molecule has 0 unspecified atom stereocenters. The van der Waals surface area contributed by atoms with Crippen molar-refractivity contribution in [3.05, 3.63) is 35.7 Å². The number of aromatic nitrogens is 2. The van der Waals surface area contributed by atoms with Crippen LogP contribution in [0.3, 0.4) is 0 Å². The topological polar surface area (TPSA) is 62.7 Å². The first-order valence-corrected chi connectivity index (χ1v) is 5.34. The molecular weight excluding hydrogens is 258 g/mol. The van der Waals surface area contributed by atoms with Crippen LogP contribution in [0.1, 0.15) is 11.4 Å². The van der Waals surface area contributed by atoms with E-state index in [0.29, 0.717) is 22.6 Å². The molecule has 0 radical (unpaired) electrons. The van der Waals surface area contributed by atoms with Crippen molar-refractivity contribution >= 4 is 15.9 Å². The number of hydrogen-bond acceptors (Lipinski definition) is 4. The quantitative estimate of drug-likeness (QED) is 0.782. The van der Waals surface area contributed by atoms with Crippen molar-refractivity contribution in [2.24, 2.45) is 0 Å². The van der Waals surface area contributed by atoms with Gasteiger partial charge in [-0.2, -0.15) is 10.2 Å². The number of benzene rings is 1. The summed E-state index contributed by atoms with van der Waals surface area (Å²) in [5.41, 5.74) is 1.33. The lowest BCUT2D eigenvalue weighted by atomic mass is 10.1. The normalized spacial score (nSPS) is 9.87. The van der Waals surface area contributed by atoms with Gasteiger partial charge in [-0.15, -0.1) is 0 Å². The second-order valence-corrected chi connectivity index (χ2v) is 3.40. The number of nitriles is 1. The van der Waals surface area contributed by atoms with E-state index in [1.807, 2.05) is 6.07 Å². The van der Waals surface area contributed by atoms with Crippen molar-refractivity contribution in [3.8, 4) is 17.5 Å². The third kappa shape index (κ3) is 2.05. The summed E-state index contributed by atoms with van der Waals surface area (Å²) in [6.07, 6.45) is 0. The van der Waals surface area contributed by atoms with Crippen molar-refractivity contribution < 1.29 is 4.52 Å². The Bertz CT molecular complexity index is 515. The van der Waals surface area contributed by atoms with Crippen molar-refractivity contribution in [1.82, 2.24) is 10.1 Å². The molecule has 2 aromatic rings. The number of hydrogen-bond donors (Lipinski definition) is 0. The number of alkyl halides is 1. The van der Waals surface area contributed by atoms with Gasteiger partial charge >= 0.3 is 0 Å². The van der Waals surface area contributed by atoms with Gasteiger partial charge in [0, 0.05) is 5.56 Å². The van der Waals surface area contributed by atoms with E-state index in [9.17, 15) is 0 Å². The maximum Gasteiger partial charge on any atom is 0.257 e. The molecule has 5 heteroatoms. The zero-order valence-corrected chi connectivity index (χ0v) is 9.23. The molecule has 0 aliphatic carbocycles. The Hall–Kier alpha value is -1.67. The van der Waals surface area contributed by atoms with Crippen LogP contribution >= 0.6 is 15.9 Å². The molecule has 0 aliphatic rings. The highest BCUT2D eigenvalue weighted by atomic mass is 79.9. The van der Waals surface area contributed by atoms with Crippen molar-refractivity contribution in [2.45, 2.75) is 5.33 Å². The minimum Gasteiger partial charge on any atom is -0.334 e. The molecule has 0 saturated carbocycles. The van der Waals surface area contributed by atoms with Crippen LogP contribution in [0.4, 0.5) is 0 Å². The molecule has 0 fully saturated rings. The molecule has 15 heavy (non-hydrogen) atoms. The van der Waals surface area contributed by atoms with Gasteiger partial charge in [0.05, 0.1) is 17.0 Å². The minimum absolute atomic E-state index is 0.432. The molecule has 0 atom stereocenters. The lowest BCUT2D eigenvalue weighted by Crippen LogP contribution is -1.81. The molecule has 1 aromatic heterocycles. The molecular formula is C10H6BrN3O. The van der Waals surface area contributed by atoms with Gasteiger partial charge in [-0.25, -0.2) is 0 Å². The van der Waals surface area contributed by atoms with E-state index in [2.05, 4.69) is 32.1 Å². The Balaban J connectivity index is 2.41. The molecule has 74 valence electrons. The first kappa shape index (κ1) is 9.87. The standard InChI is InChI=1S/C10H6BrN3O/c11-5-9-13-10(15-14-9)8-3-1-2-7(4-8)6-12/h1-4H,5H2. The lowest BCUT2D eigenvalue weighted by molar-refractivity contribution is 0.425. The molecule has 0 spiro atoms. The van der Waals surface area contributed by atoms with Crippen LogP contribution in [0.25, 0.3) is 11.5 Å². The highest BCUT2D eigenvalue weighted by molar-refractivity contribution is 9.08. The zero-order valence-electron chi connectivity index (χ0n) is 7.64. The Morgan fingerprint density at radius 2 is 2.33 bits per heavy atom. The molecule has 0 aliphatic heterocycles. The number of nitrogens with zero attached hydrogens (tertiary/aromatic N) is 3. The first-order chi connectivity index (χ1) is 7.33. The van der Waals surface area contributed by atoms with E-state index in [4.69, 9.17) is 9.78 Å². The van der Waals surface area contributed by atoms with Gasteiger partial charge in [0.15, 0.2) is 5.82 Å². The van der Waals surface area contributed by atoms with Gasteiger partial charge in [-0.3, -0.25) is 0 Å². The third-order valence-corrected chi connectivity index (χ3v) is 2.33. The second-order valence-electron chi connectivity index (χ2n) is 2.84. The van der Waals surface area contributed by atoms with E-state index in [-0.39, 0.29) is 0 Å². The van der Waals surface area contributed by atoms with Gasteiger partial charge in [0.1, 0.15) is 0 Å². The maximum atomic E-state index is 8.74. The zero-order chi connectivity index (χ0) is 10.7. The first-order valence-electron chi connectivity index (χ1n) is 4.22. The van der Waals surface area contributed by atoms with Gasteiger partial charge in [0.2, 0.25) is 0 Å². The lowest BCUT2D eigenvalue weighted by Gasteiger charge is -1.93. The van der Waals surface area contributed by atoms with Gasteiger partial charge in [-0.1, -0.05) is 27.2 Å². The van der Waals surface area contributed by atoms with E-state index >= 15 is 0 Å². The summed E-state index contributed by atoms with van der Waals surface area (Å²) in [4.78, 5) is 4.14. The molecule has 0 N–H and O–H groups in total. The van der Waals surface area contributed by atoms with E-state index < -0.39 is 0 Å². The SMILES string of the molecule is N#Cc1cccc(-c2nc(CBr)no2)c1. The summed E-state index contributed by atoms with van der Waals surface area (Å²) in [6.45, 7) is 0. The van der Waals surface area contributed by atoms with Crippen molar-refractivity contribution in [1.29, 1.82) is 5.26 Å². The van der Waals surface area contributed by atoms with Crippen molar-refractivity contribution in [3.63, 3.8) is 0 Å². The highest BCUT2D eigenvalue weighted by Gasteiger charge is 2.07. The smallest absolute Gasteiger partial charge is 0.257 e. The van der Waals surface area contributed by atoms with Crippen LogP contribution in [0.15, 0.2) is 28.8 Å². The average molecular weight is 264 g/mol. The average Bonchev–Trinajstić information content (AvgIpc) is 2.78. The molecule has 0 amide bonds. The van der Waals surface area contributed by atoms with Crippen LogP contribution in [-0.2, 0) is 5.33 Å². The predicted molar refractivity (Wildman–Crippen MR) is 57.1 cm³/mol. The van der Waals surface area contributed by atoms with E-state index in [1.54, 1.807) is 18.2 Å². The van der Waals surface area contributed by atoms with Crippen LogP contribution in [-0.4, -0.2) is 10.1 Å². The summed E-state index contributed by atoms with van der Waals surface area (Å²) in [6, 6.07) is 9.11. The van der Waals surface area contributed by atoms with Gasteiger partial charge in [0.25, 0.3) is 5.89 Å². The summed E-state index contributed by atoms with van der Waals surface area (Å²) < 4.78 is 5.04. The molecule has 4 nitrogen and oxygen atoms in total. The van der Waals surface area contributed by atoms with Crippen LogP contribution in [0.2, 0.25) is 0 Å². The molecule has 1 heterocycles. The Kier molecular flexibility index (Phi) is 2.79. The molecule has 1 aromatic carbocycles. The summed E-state index contributed by atoms with van der Waals surface area (Å²) in [5, 5.41) is 13.0. The Morgan fingerprint density at radius 1 is 1.47 bits per heavy atom. The second kappa shape index (κ2) is 4.24. The number of halogens is 1. The Labute approximate surface area is 94.7 Å². The van der Waals surface area contributed by atoms with Gasteiger partial charge in [-0.05, 0) is 18.2 Å². The molecule has 0 saturated heterocycles. The fraction of sp³-hybridized carbons (Fsp3) is 0.100. The number of rotatable bonds is 2. The highest BCUT2D eigenvalue weighted by Crippen LogP contribution is 2.18. The fourth-order valence-corrected chi connectivity index (χ4v) is 1.38. The molecule has 0 bridgehead atoms. The maximum absolute atomic E-state index is 8.74. The monoisotopic (exact) mass is 263 g/mol. The predicted octanol–water partition coefficient (Wildman–Crippen LogP) is 2.50. The third-order valence-electron chi connectivity index (χ3n) is 1.83. The van der Waals surface area contributed by atoms with Crippen molar-refractivity contribution in [2.75, 3.05) is 0 Å². The summed E-state index contributed by atoms with van der Waals surface area (Å²) >= 11 is 3.23. The van der Waals surface area contributed by atoms with E-state index in [0.717, 1.165) is 5.56 Å². The Morgan fingerprint density at radius 3 is 3.00 bits per heavy atom. The van der Waals surface area contributed by atoms with E-state index in [1.165, 1.54) is 0 Å². The fourth-order valence-electron chi connectivity index (χ4n) is 1.15. The largest absolute Gasteiger partial charge is 0.334 e. The van der Waals surface area contributed by atoms with Crippen LogP contribution in [0.5, 0.6) is 0 Å². The summed E-state index contributed by atoms with van der Waals surface area (Å²) in [7, 11) is 0. The minimum atomic E-state index is 0.432.